The molecule has 1 aromatic carbocycles. The quantitative estimate of drug-likeness (QED) is 0.713. The van der Waals surface area contributed by atoms with Crippen molar-refractivity contribution in [1.82, 2.24) is 14.5 Å². The summed E-state index contributed by atoms with van der Waals surface area (Å²) in [6.45, 7) is 4.10. The molecule has 4 heteroatoms. The van der Waals surface area contributed by atoms with Crippen molar-refractivity contribution in [3.05, 3.63) is 48.2 Å². The van der Waals surface area contributed by atoms with Gasteiger partial charge in [-0.05, 0) is 31.2 Å². The maximum Gasteiger partial charge on any atom is 0.112 e. The molecule has 0 amide bonds. The van der Waals surface area contributed by atoms with Gasteiger partial charge in [0, 0.05) is 35.6 Å². The van der Waals surface area contributed by atoms with Gasteiger partial charge in [-0.15, -0.1) is 0 Å². The largest absolute Gasteiger partial charge is 0.399 e. The molecule has 0 spiro atoms. The van der Waals surface area contributed by atoms with Gasteiger partial charge in [-0.1, -0.05) is 6.92 Å². The van der Waals surface area contributed by atoms with E-state index < -0.39 is 0 Å². The van der Waals surface area contributed by atoms with Gasteiger partial charge in [0.1, 0.15) is 5.82 Å². The van der Waals surface area contributed by atoms with Crippen LogP contribution in [0.3, 0.4) is 0 Å². The topological polar surface area (TPSA) is 56.7 Å². The van der Waals surface area contributed by atoms with Gasteiger partial charge >= 0.3 is 0 Å². The van der Waals surface area contributed by atoms with Crippen LogP contribution in [0.5, 0.6) is 0 Å². The summed E-state index contributed by atoms with van der Waals surface area (Å²) in [6, 6.07) is 7.88. The number of fused-ring (bicyclic) bond motifs is 1. The van der Waals surface area contributed by atoms with Crippen LogP contribution in [0.4, 0.5) is 5.69 Å². The van der Waals surface area contributed by atoms with Gasteiger partial charge in [-0.25, -0.2) is 4.98 Å². The first-order chi connectivity index (χ1) is 9.19. The summed E-state index contributed by atoms with van der Waals surface area (Å²) < 4.78 is 2.11. The zero-order chi connectivity index (χ0) is 13.4. The van der Waals surface area contributed by atoms with Crippen molar-refractivity contribution in [1.29, 1.82) is 0 Å². The number of aromatic nitrogens is 3. The van der Waals surface area contributed by atoms with Gasteiger partial charge in [-0.3, -0.25) is 4.98 Å². The molecule has 0 bridgehead atoms. The molecule has 0 aliphatic carbocycles. The summed E-state index contributed by atoms with van der Waals surface area (Å²) in [5.41, 5.74) is 9.68. The lowest BCUT2D eigenvalue weighted by Gasteiger charge is -2.11. The Morgan fingerprint density at radius 2 is 2.11 bits per heavy atom. The summed E-state index contributed by atoms with van der Waals surface area (Å²) in [7, 11) is 0. The van der Waals surface area contributed by atoms with Crippen LogP contribution in [0.15, 0.2) is 36.7 Å². The number of benzene rings is 1. The molecule has 0 atom stereocenters. The van der Waals surface area contributed by atoms with Crippen LogP contribution >= 0.6 is 0 Å². The molecule has 0 aliphatic heterocycles. The predicted octanol–water partition coefficient (Wildman–Crippen LogP) is 2.87. The van der Waals surface area contributed by atoms with Crippen molar-refractivity contribution >= 4 is 16.6 Å². The lowest BCUT2D eigenvalue weighted by atomic mass is 10.1. The van der Waals surface area contributed by atoms with Crippen molar-refractivity contribution in [3.8, 4) is 5.69 Å². The van der Waals surface area contributed by atoms with E-state index >= 15 is 0 Å². The molecule has 2 heterocycles. The fraction of sp³-hybridized carbons (Fsp3) is 0.200. The number of aryl methyl sites for hydroxylation is 2. The van der Waals surface area contributed by atoms with Gasteiger partial charge in [0.2, 0.25) is 0 Å². The smallest absolute Gasteiger partial charge is 0.112 e. The molecule has 3 aromatic rings. The van der Waals surface area contributed by atoms with Crippen LogP contribution in [0, 0.1) is 6.92 Å². The fourth-order valence-electron chi connectivity index (χ4n) is 2.37. The molecule has 4 nitrogen and oxygen atoms in total. The monoisotopic (exact) mass is 252 g/mol. The zero-order valence-corrected chi connectivity index (χ0v) is 11.1. The number of nitrogen functional groups attached to an aromatic ring is 1. The third kappa shape index (κ3) is 1.95. The first-order valence-electron chi connectivity index (χ1n) is 6.38. The Balaban J connectivity index is 2.36. The SMILES string of the molecule is CCc1nccn1-c1cc(C)nc2ccc(N)cc12. The third-order valence-electron chi connectivity index (χ3n) is 3.23. The van der Waals surface area contributed by atoms with Crippen LogP contribution in [0.25, 0.3) is 16.6 Å². The third-order valence-corrected chi connectivity index (χ3v) is 3.23. The Labute approximate surface area is 111 Å². The first-order valence-corrected chi connectivity index (χ1v) is 6.38. The molecule has 0 aliphatic rings. The second kappa shape index (κ2) is 4.39. The van der Waals surface area contributed by atoms with Crippen LogP contribution in [-0.4, -0.2) is 14.5 Å². The molecule has 0 saturated carbocycles. The van der Waals surface area contributed by atoms with Crippen molar-refractivity contribution in [3.63, 3.8) is 0 Å². The number of nitrogens with two attached hydrogens (primary N) is 1. The van der Waals surface area contributed by atoms with Gasteiger partial charge in [0.25, 0.3) is 0 Å². The Kier molecular flexibility index (Phi) is 2.71. The average molecular weight is 252 g/mol. The van der Waals surface area contributed by atoms with Gasteiger partial charge < -0.3 is 10.3 Å². The summed E-state index contributed by atoms with van der Waals surface area (Å²) >= 11 is 0. The molecular weight excluding hydrogens is 236 g/mol. The second-order valence-corrected chi connectivity index (χ2v) is 4.63. The number of pyridine rings is 1. The van der Waals surface area contributed by atoms with E-state index in [9.17, 15) is 0 Å². The number of rotatable bonds is 2. The fourth-order valence-corrected chi connectivity index (χ4v) is 2.37. The van der Waals surface area contributed by atoms with E-state index in [1.54, 1.807) is 0 Å². The number of anilines is 1. The highest BCUT2D eigenvalue weighted by molar-refractivity contribution is 5.90. The van der Waals surface area contributed by atoms with Crippen molar-refractivity contribution in [2.24, 2.45) is 0 Å². The van der Waals surface area contributed by atoms with E-state index in [0.717, 1.165) is 40.2 Å². The maximum absolute atomic E-state index is 5.90. The summed E-state index contributed by atoms with van der Waals surface area (Å²) in [4.78, 5) is 8.93. The number of imidazole rings is 1. The van der Waals surface area contributed by atoms with Crippen LogP contribution < -0.4 is 5.73 Å². The number of nitrogens with zero attached hydrogens (tertiary/aromatic N) is 3. The molecule has 19 heavy (non-hydrogen) atoms. The minimum atomic E-state index is 0.748. The van der Waals surface area contributed by atoms with Crippen molar-refractivity contribution in [2.75, 3.05) is 5.73 Å². The average Bonchev–Trinajstić information content (AvgIpc) is 2.86. The Hall–Kier alpha value is -2.36. The van der Waals surface area contributed by atoms with E-state index in [0.29, 0.717) is 0 Å². The molecule has 0 saturated heterocycles. The molecular formula is C15H16N4. The van der Waals surface area contributed by atoms with Crippen molar-refractivity contribution < 1.29 is 0 Å². The minimum absolute atomic E-state index is 0.748. The first kappa shape index (κ1) is 11.7. The molecule has 0 radical (unpaired) electrons. The van der Waals surface area contributed by atoms with E-state index in [1.165, 1.54) is 0 Å². The Bertz CT molecular complexity index is 743. The molecule has 3 rings (SSSR count). The lowest BCUT2D eigenvalue weighted by Crippen LogP contribution is -2.02. The minimum Gasteiger partial charge on any atom is -0.399 e. The molecule has 2 N–H and O–H groups in total. The highest BCUT2D eigenvalue weighted by Crippen LogP contribution is 2.25. The maximum atomic E-state index is 5.90. The molecule has 0 unspecified atom stereocenters. The van der Waals surface area contributed by atoms with E-state index in [-0.39, 0.29) is 0 Å². The van der Waals surface area contributed by atoms with Gasteiger partial charge in [0.15, 0.2) is 0 Å². The Morgan fingerprint density at radius 3 is 2.89 bits per heavy atom. The van der Waals surface area contributed by atoms with Gasteiger partial charge in [0.05, 0.1) is 11.2 Å². The second-order valence-electron chi connectivity index (χ2n) is 4.63. The van der Waals surface area contributed by atoms with Crippen LogP contribution in [-0.2, 0) is 6.42 Å². The zero-order valence-electron chi connectivity index (χ0n) is 11.1. The van der Waals surface area contributed by atoms with Crippen LogP contribution in [0.2, 0.25) is 0 Å². The number of hydrogen-bond donors (Lipinski definition) is 1. The highest BCUT2D eigenvalue weighted by Gasteiger charge is 2.09. The summed E-state index contributed by atoms with van der Waals surface area (Å²) in [5, 5.41) is 1.05. The van der Waals surface area contributed by atoms with E-state index in [1.807, 2.05) is 37.5 Å². The molecule has 2 aromatic heterocycles. The Morgan fingerprint density at radius 1 is 1.26 bits per heavy atom. The van der Waals surface area contributed by atoms with E-state index in [2.05, 4.69) is 27.5 Å². The summed E-state index contributed by atoms with van der Waals surface area (Å²) in [6.07, 6.45) is 4.70. The molecule has 0 fully saturated rings. The lowest BCUT2D eigenvalue weighted by molar-refractivity contribution is 0.893. The normalized spacial score (nSPS) is 11.1. The van der Waals surface area contributed by atoms with E-state index in [4.69, 9.17) is 5.73 Å². The molecule has 96 valence electrons. The standard InChI is InChI=1S/C15H16N4/c1-3-15-17-6-7-19(15)14-8-10(2)18-13-5-4-11(16)9-12(13)14/h4-9H,3,16H2,1-2H3. The summed E-state index contributed by atoms with van der Waals surface area (Å²) in [5.74, 6) is 1.04. The highest BCUT2D eigenvalue weighted by atomic mass is 15.1. The van der Waals surface area contributed by atoms with Crippen molar-refractivity contribution in [2.45, 2.75) is 20.3 Å². The predicted molar refractivity (Wildman–Crippen MR) is 77.4 cm³/mol. The van der Waals surface area contributed by atoms with Gasteiger partial charge in [-0.2, -0.15) is 0 Å². The van der Waals surface area contributed by atoms with Crippen LogP contribution in [0.1, 0.15) is 18.4 Å². The number of hydrogen-bond acceptors (Lipinski definition) is 3.